The summed E-state index contributed by atoms with van der Waals surface area (Å²) in [7, 11) is 0. The van der Waals surface area contributed by atoms with Gasteiger partial charge in [0.15, 0.2) is 0 Å². The maximum Gasteiger partial charge on any atom is 0.397 e. The van der Waals surface area contributed by atoms with Crippen LogP contribution in [0.1, 0.15) is 80.3 Å². The molecule has 1 aromatic heterocycles. The Kier molecular flexibility index (Phi) is 8.03. The summed E-state index contributed by atoms with van der Waals surface area (Å²) in [5.41, 5.74) is 2.58. The second-order valence-corrected chi connectivity index (χ2v) is 11.3. The molecule has 2 aromatic rings. The van der Waals surface area contributed by atoms with Crippen LogP contribution in [-0.4, -0.2) is 67.9 Å². The van der Waals surface area contributed by atoms with Crippen LogP contribution in [0.25, 0.3) is 0 Å². The number of aromatic nitrogens is 2. The van der Waals surface area contributed by atoms with Crippen LogP contribution >= 0.6 is 0 Å². The van der Waals surface area contributed by atoms with Gasteiger partial charge in [-0.2, -0.15) is 13.2 Å². The Labute approximate surface area is 226 Å². The summed E-state index contributed by atoms with van der Waals surface area (Å²) in [6.45, 7) is 4.85. The molecule has 0 radical (unpaired) electrons. The molecule has 2 unspecified atom stereocenters. The first-order chi connectivity index (χ1) is 18.5. The van der Waals surface area contributed by atoms with E-state index >= 15 is 0 Å². The minimum Gasteiger partial charge on any atom is -0.379 e. The van der Waals surface area contributed by atoms with Gasteiger partial charge in [0.2, 0.25) is 5.91 Å². The van der Waals surface area contributed by atoms with Gasteiger partial charge >= 0.3 is 6.18 Å². The summed E-state index contributed by atoms with van der Waals surface area (Å²) in [6, 6.07) is 7.42. The Morgan fingerprint density at radius 3 is 2.56 bits per heavy atom. The number of fused-ring (bicyclic) bond motifs is 3. The minimum atomic E-state index is -4.51. The molecule has 2 N–H and O–H groups in total. The number of aliphatic hydroxyl groups excluding tert-OH is 1. The van der Waals surface area contributed by atoms with Crippen LogP contribution in [0.4, 0.5) is 17.6 Å². The molecular formula is C28H37F4N5O2. The average molecular weight is 552 g/mol. The highest BCUT2D eigenvalue weighted by Crippen LogP contribution is 2.43. The van der Waals surface area contributed by atoms with Gasteiger partial charge in [-0.25, -0.2) is 9.37 Å². The van der Waals surface area contributed by atoms with Crippen LogP contribution in [0.3, 0.4) is 0 Å². The van der Waals surface area contributed by atoms with Crippen molar-refractivity contribution in [3.8, 4) is 0 Å². The number of nitrogens with one attached hydrogen (secondary N) is 1. The second-order valence-electron chi connectivity index (χ2n) is 11.3. The average Bonchev–Trinajstić information content (AvgIpc) is 3.30. The summed E-state index contributed by atoms with van der Waals surface area (Å²) in [5.74, 6) is -0.332. The second kappa shape index (κ2) is 11.2. The number of hydrogen-bond donors (Lipinski definition) is 2. The predicted molar refractivity (Wildman–Crippen MR) is 137 cm³/mol. The fourth-order valence-corrected chi connectivity index (χ4v) is 6.98. The molecule has 0 aliphatic carbocycles. The summed E-state index contributed by atoms with van der Waals surface area (Å²) in [6.07, 6.45) is -1.27. The number of aryl methyl sites for hydroxylation is 1. The van der Waals surface area contributed by atoms with E-state index in [1.165, 1.54) is 17.0 Å². The molecular weight excluding hydrogens is 514 g/mol. The first-order valence-electron chi connectivity index (χ1n) is 13.8. The molecule has 11 heteroatoms. The van der Waals surface area contributed by atoms with Crippen LogP contribution in [-0.2, 0) is 17.8 Å². The van der Waals surface area contributed by atoms with Gasteiger partial charge in [-0.3, -0.25) is 15.0 Å². The number of alkyl halides is 3. The lowest BCUT2D eigenvalue weighted by Crippen LogP contribution is -2.45. The largest absolute Gasteiger partial charge is 0.397 e. The third-order valence-corrected chi connectivity index (χ3v) is 8.53. The lowest BCUT2D eigenvalue weighted by molar-refractivity contribution is -0.162. The molecule has 7 nitrogen and oxygen atoms in total. The fourth-order valence-electron chi connectivity index (χ4n) is 6.98. The number of hydrogen-bond acceptors (Lipinski definition) is 5. The Balaban J connectivity index is 1.25. The quantitative estimate of drug-likeness (QED) is 0.376. The highest BCUT2D eigenvalue weighted by molar-refractivity contribution is 5.77. The van der Waals surface area contributed by atoms with Gasteiger partial charge in [0.1, 0.15) is 24.3 Å². The molecule has 5 rings (SSSR count). The van der Waals surface area contributed by atoms with E-state index in [1.807, 2.05) is 13.0 Å². The smallest absolute Gasteiger partial charge is 0.379 e. The van der Waals surface area contributed by atoms with Crippen molar-refractivity contribution in [1.29, 1.82) is 0 Å². The third kappa shape index (κ3) is 6.30. The zero-order valence-corrected chi connectivity index (χ0v) is 22.4. The molecule has 5 atom stereocenters. The van der Waals surface area contributed by atoms with Crippen molar-refractivity contribution in [3.05, 3.63) is 52.9 Å². The first kappa shape index (κ1) is 28.0. The molecule has 0 spiro atoms. The zero-order valence-electron chi connectivity index (χ0n) is 22.4. The van der Waals surface area contributed by atoms with Crippen LogP contribution in [0.2, 0.25) is 0 Å². The highest BCUT2D eigenvalue weighted by atomic mass is 19.4. The molecule has 1 amide bonds. The van der Waals surface area contributed by atoms with E-state index in [4.69, 9.17) is 0 Å². The number of nitrogens with zero attached hydrogens (tertiary/aromatic N) is 4. The lowest BCUT2D eigenvalue weighted by atomic mass is 9.94. The molecule has 3 aliphatic heterocycles. The van der Waals surface area contributed by atoms with Gasteiger partial charge in [-0.15, -0.1) is 0 Å². The Morgan fingerprint density at radius 1 is 1.21 bits per heavy atom. The lowest BCUT2D eigenvalue weighted by Gasteiger charge is -2.41. The van der Waals surface area contributed by atoms with Crippen molar-refractivity contribution in [3.63, 3.8) is 0 Å². The van der Waals surface area contributed by atoms with Crippen LogP contribution in [0, 0.1) is 12.7 Å². The van der Waals surface area contributed by atoms with Crippen molar-refractivity contribution in [2.75, 3.05) is 13.1 Å². The van der Waals surface area contributed by atoms with E-state index < -0.39 is 24.7 Å². The van der Waals surface area contributed by atoms with Crippen molar-refractivity contribution < 1.29 is 27.5 Å². The van der Waals surface area contributed by atoms with E-state index in [0.717, 1.165) is 55.7 Å². The number of benzene rings is 1. The Hall–Kier alpha value is -2.50. The SMILES string of the molecule is Cc1nc2c(n1C1C[C@H]3CC[C@@H](C1)N3CC[C@H](NC(C)O)c1cccc(F)c1)CCN(C(=O)CC(F)(F)F)C2. The molecule has 2 fully saturated rings. The van der Waals surface area contributed by atoms with Gasteiger partial charge < -0.3 is 14.6 Å². The van der Waals surface area contributed by atoms with E-state index in [2.05, 4.69) is 19.8 Å². The third-order valence-electron chi connectivity index (χ3n) is 8.53. The number of piperidine rings is 1. The maximum atomic E-state index is 13.9. The number of aliphatic hydroxyl groups is 1. The standard InChI is InChI=1S/C28H37F4N5O2/c1-17-33-25-16-35(27(39)15-28(30,31)32)10-9-26(25)37(17)23-13-21-6-7-22(14-23)36(21)11-8-24(34-18(2)38)19-4-3-5-20(29)12-19/h3-5,12,18,21-24,34,38H,6-11,13-16H2,1-2H3/t18?,21-,22+,23?,24-/m0/s1. The summed E-state index contributed by atoms with van der Waals surface area (Å²) >= 11 is 0. The number of imidazole rings is 1. The molecule has 2 bridgehead atoms. The van der Waals surface area contributed by atoms with Crippen molar-refractivity contribution >= 4 is 5.91 Å². The molecule has 39 heavy (non-hydrogen) atoms. The van der Waals surface area contributed by atoms with Gasteiger partial charge in [0.25, 0.3) is 0 Å². The Morgan fingerprint density at radius 2 is 1.92 bits per heavy atom. The normalized spacial score (nSPS) is 25.0. The summed E-state index contributed by atoms with van der Waals surface area (Å²) < 4.78 is 54.4. The summed E-state index contributed by atoms with van der Waals surface area (Å²) in [4.78, 5) is 20.7. The number of rotatable bonds is 8. The number of carbonyl (C=O) groups excluding carboxylic acids is 1. The highest BCUT2D eigenvalue weighted by Gasteiger charge is 2.43. The predicted octanol–water partition coefficient (Wildman–Crippen LogP) is 4.39. The van der Waals surface area contributed by atoms with Crippen molar-refractivity contribution in [2.24, 2.45) is 0 Å². The van der Waals surface area contributed by atoms with Crippen molar-refractivity contribution in [1.82, 2.24) is 24.7 Å². The molecule has 0 saturated carbocycles. The zero-order chi connectivity index (χ0) is 27.9. The Bertz CT molecular complexity index is 1170. The van der Waals surface area contributed by atoms with Crippen LogP contribution in [0.5, 0.6) is 0 Å². The van der Waals surface area contributed by atoms with Gasteiger partial charge in [0.05, 0.1) is 12.2 Å². The number of carbonyl (C=O) groups is 1. The fraction of sp³-hybridized carbons (Fsp3) is 0.643. The maximum absolute atomic E-state index is 13.9. The monoisotopic (exact) mass is 551 g/mol. The first-order valence-corrected chi connectivity index (χ1v) is 13.8. The molecule has 3 aliphatic rings. The van der Waals surface area contributed by atoms with Gasteiger partial charge in [-0.1, -0.05) is 12.1 Å². The van der Waals surface area contributed by atoms with E-state index in [1.54, 1.807) is 13.0 Å². The van der Waals surface area contributed by atoms with Gasteiger partial charge in [0, 0.05) is 49.4 Å². The summed E-state index contributed by atoms with van der Waals surface area (Å²) in [5, 5.41) is 13.1. The van der Waals surface area contributed by atoms with E-state index in [9.17, 15) is 27.5 Å². The van der Waals surface area contributed by atoms with E-state index in [-0.39, 0.29) is 31.0 Å². The van der Waals surface area contributed by atoms with Crippen LogP contribution < -0.4 is 5.32 Å². The molecule has 1 aromatic carbocycles. The van der Waals surface area contributed by atoms with Crippen LogP contribution in [0.15, 0.2) is 24.3 Å². The number of amides is 1. The van der Waals surface area contributed by atoms with Crippen molar-refractivity contribution in [2.45, 2.75) is 102 Å². The number of halogens is 4. The molecule has 2 saturated heterocycles. The van der Waals surface area contributed by atoms with Gasteiger partial charge in [-0.05, 0) is 63.6 Å². The van der Waals surface area contributed by atoms with E-state index in [0.29, 0.717) is 24.2 Å². The molecule has 214 valence electrons. The molecule has 4 heterocycles. The minimum absolute atomic E-state index is 0.127. The topological polar surface area (TPSA) is 73.6 Å².